The van der Waals surface area contributed by atoms with Crippen molar-refractivity contribution in [2.24, 2.45) is 0 Å². The number of fused-ring (bicyclic) bond motifs is 6. The van der Waals surface area contributed by atoms with Gasteiger partial charge in [0.1, 0.15) is 11.2 Å². The van der Waals surface area contributed by atoms with Crippen LogP contribution in [0, 0.1) is 0 Å². The van der Waals surface area contributed by atoms with Crippen molar-refractivity contribution in [1.29, 1.82) is 0 Å². The summed E-state index contributed by atoms with van der Waals surface area (Å²) in [5.41, 5.74) is 15.4. The molecule has 0 bridgehead atoms. The fraction of sp³-hybridized carbons (Fsp3) is 0.0400. The third-order valence-corrected chi connectivity index (χ3v) is 10.6. The van der Waals surface area contributed by atoms with Gasteiger partial charge in [0.05, 0.1) is 0 Å². The maximum absolute atomic E-state index is 6.18. The van der Waals surface area contributed by atoms with Gasteiger partial charge in [-0.25, -0.2) is 0 Å². The predicted octanol–water partition coefficient (Wildman–Crippen LogP) is 13.9. The standard InChI is InChI=1S/C50H35NO/c1-2-8-34(9-3-1)37-20-26-43(27-21-37)51(45-30-24-35-10-4-5-11-41(35)32-45)44-28-22-38(23-29-44)36-14-16-39(17-15-36)42-19-18-40-25-31-49-50(47(40)33-42)46-12-6-7-13-48(46)52-49/h1-23,25-29,31-33H,24,30H2. The second-order valence-corrected chi connectivity index (χ2v) is 13.7. The number of para-hydroxylation sites is 1. The minimum atomic E-state index is 0.927. The van der Waals surface area contributed by atoms with E-state index in [1.807, 2.05) is 12.1 Å². The first kappa shape index (κ1) is 30.2. The van der Waals surface area contributed by atoms with Crippen LogP contribution in [0.4, 0.5) is 11.4 Å². The van der Waals surface area contributed by atoms with Crippen LogP contribution in [-0.2, 0) is 6.42 Å². The van der Waals surface area contributed by atoms with Crippen LogP contribution in [-0.4, -0.2) is 0 Å². The highest BCUT2D eigenvalue weighted by molar-refractivity contribution is 6.19. The van der Waals surface area contributed by atoms with Gasteiger partial charge in [0.15, 0.2) is 0 Å². The summed E-state index contributed by atoms with van der Waals surface area (Å²) in [5, 5.41) is 4.77. The molecule has 9 aromatic rings. The van der Waals surface area contributed by atoms with Crippen molar-refractivity contribution in [3.05, 3.63) is 199 Å². The maximum Gasteiger partial charge on any atom is 0.136 e. The Morgan fingerprint density at radius 2 is 0.962 bits per heavy atom. The quantitative estimate of drug-likeness (QED) is 0.176. The van der Waals surface area contributed by atoms with Crippen LogP contribution >= 0.6 is 0 Å². The minimum Gasteiger partial charge on any atom is -0.456 e. The molecule has 52 heavy (non-hydrogen) atoms. The normalized spacial score (nSPS) is 12.6. The van der Waals surface area contributed by atoms with Crippen molar-refractivity contribution in [3.63, 3.8) is 0 Å². The molecule has 1 aliphatic rings. The zero-order valence-electron chi connectivity index (χ0n) is 28.7. The summed E-state index contributed by atoms with van der Waals surface area (Å²) < 4.78 is 6.18. The molecule has 10 rings (SSSR count). The number of hydrogen-bond acceptors (Lipinski definition) is 2. The van der Waals surface area contributed by atoms with Gasteiger partial charge in [0.25, 0.3) is 0 Å². The number of aryl methyl sites for hydroxylation is 1. The molecule has 0 saturated carbocycles. The lowest BCUT2D eigenvalue weighted by Gasteiger charge is -2.31. The second-order valence-electron chi connectivity index (χ2n) is 13.7. The Labute approximate surface area is 303 Å². The number of benzene rings is 8. The van der Waals surface area contributed by atoms with E-state index < -0.39 is 0 Å². The summed E-state index contributed by atoms with van der Waals surface area (Å²) in [6.07, 6.45) is 4.38. The van der Waals surface area contributed by atoms with Gasteiger partial charge in [-0.2, -0.15) is 0 Å². The van der Waals surface area contributed by atoms with Gasteiger partial charge in [0.2, 0.25) is 0 Å². The van der Waals surface area contributed by atoms with E-state index in [1.54, 1.807) is 0 Å². The Bertz CT molecular complexity index is 2750. The smallest absolute Gasteiger partial charge is 0.136 e. The molecule has 8 aromatic carbocycles. The number of allylic oxidation sites excluding steroid dienone is 1. The molecule has 2 heteroatoms. The average Bonchev–Trinajstić information content (AvgIpc) is 3.61. The number of nitrogens with zero attached hydrogens (tertiary/aromatic N) is 1. The SMILES string of the molecule is C1=C(N(c2ccc(-c3ccccc3)cc2)c2ccc(-c3ccc(-c4ccc5ccc6oc7ccccc7c6c5c4)cc3)cc2)CCc2ccccc21. The van der Waals surface area contributed by atoms with Crippen molar-refractivity contribution < 1.29 is 4.42 Å². The van der Waals surface area contributed by atoms with Crippen LogP contribution in [0.2, 0.25) is 0 Å². The molecular formula is C50H35NO. The zero-order chi connectivity index (χ0) is 34.4. The minimum absolute atomic E-state index is 0.927. The lowest BCUT2D eigenvalue weighted by molar-refractivity contribution is 0.669. The molecule has 246 valence electrons. The molecule has 0 unspecified atom stereocenters. The molecule has 1 aromatic heterocycles. The van der Waals surface area contributed by atoms with Crippen LogP contribution in [0.3, 0.4) is 0 Å². The van der Waals surface area contributed by atoms with Gasteiger partial charge in [-0.15, -0.1) is 0 Å². The molecule has 0 atom stereocenters. The Morgan fingerprint density at radius 1 is 0.404 bits per heavy atom. The monoisotopic (exact) mass is 665 g/mol. The predicted molar refractivity (Wildman–Crippen MR) is 219 cm³/mol. The first-order valence-corrected chi connectivity index (χ1v) is 18.0. The van der Waals surface area contributed by atoms with Crippen molar-refractivity contribution >= 4 is 50.2 Å². The molecule has 2 nitrogen and oxygen atoms in total. The van der Waals surface area contributed by atoms with Crippen molar-refractivity contribution in [2.75, 3.05) is 4.90 Å². The Morgan fingerprint density at radius 3 is 1.69 bits per heavy atom. The highest BCUT2D eigenvalue weighted by Gasteiger charge is 2.20. The molecule has 0 saturated heterocycles. The van der Waals surface area contributed by atoms with E-state index in [1.165, 1.54) is 72.1 Å². The van der Waals surface area contributed by atoms with Crippen LogP contribution in [0.5, 0.6) is 0 Å². The fourth-order valence-corrected chi connectivity index (χ4v) is 7.89. The lowest BCUT2D eigenvalue weighted by atomic mass is 9.94. The molecule has 0 N–H and O–H groups in total. The highest BCUT2D eigenvalue weighted by Crippen LogP contribution is 2.39. The Balaban J connectivity index is 0.973. The summed E-state index contributed by atoms with van der Waals surface area (Å²) in [5.74, 6) is 0. The molecule has 1 heterocycles. The van der Waals surface area contributed by atoms with Gasteiger partial charge in [-0.3, -0.25) is 0 Å². The lowest BCUT2D eigenvalue weighted by Crippen LogP contribution is -2.19. The first-order chi connectivity index (χ1) is 25.7. The van der Waals surface area contributed by atoms with E-state index in [0.717, 1.165) is 35.1 Å². The highest BCUT2D eigenvalue weighted by atomic mass is 16.3. The number of furan rings is 1. The Kier molecular flexibility index (Phi) is 7.32. The molecule has 0 aliphatic heterocycles. The van der Waals surface area contributed by atoms with Crippen LogP contribution < -0.4 is 4.90 Å². The van der Waals surface area contributed by atoms with Gasteiger partial charge in [-0.05, 0) is 117 Å². The maximum atomic E-state index is 6.18. The topological polar surface area (TPSA) is 16.4 Å². The number of anilines is 2. The Hall–Kier alpha value is -6.64. The summed E-state index contributed by atoms with van der Waals surface area (Å²) in [6, 6.07) is 65.6. The summed E-state index contributed by atoms with van der Waals surface area (Å²) >= 11 is 0. The molecule has 0 amide bonds. The van der Waals surface area contributed by atoms with E-state index >= 15 is 0 Å². The van der Waals surface area contributed by atoms with Gasteiger partial charge in [0, 0.05) is 27.8 Å². The van der Waals surface area contributed by atoms with E-state index in [2.05, 4.69) is 181 Å². The zero-order valence-corrected chi connectivity index (χ0v) is 28.7. The van der Waals surface area contributed by atoms with E-state index in [9.17, 15) is 0 Å². The summed E-state index contributed by atoms with van der Waals surface area (Å²) in [7, 11) is 0. The van der Waals surface area contributed by atoms with Gasteiger partial charge < -0.3 is 9.32 Å². The molecule has 0 spiro atoms. The average molecular weight is 666 g/mol. The van der Waals surface area contributed by atoms with Crippen LogP contribution in [0.15, 0.2) is 192 Å². The van der Waals surface area contributed by atoms with Crippen molar-refractivity contribution in [2.45, 2.75) is 12.8 Å². The van der Waals surface area contributed by atoms with E-state index in [-0.39, 0.29) is 0 Å². The molecular weight excluding hydrogens is 631 g/mol. The second kappa shape index (κ2) is 12.6. The summed E-state index contributed by atoms with van der Waals surface area (Å²) in [6.45, 7) is 0. The molecule has 1 aliphatic carbocycles. The van der Waals surface area contributed by atoms with E-state index in [0.29, 0.717) is 0 Å². The third-order valence-electron chi connectivity index (χ3n) is 10.6. The largest absolute Gasteiger partial charge is 0.456 e. The van der Waals surface area contributed by atoms with Crippen LogP contribution in [0.1, 0.15) is 17.5 Å². The summed E-state index contributed by atoms with van der Waals surface area (Å²) in [4.78, 5) is 2.43. The number of rotatable bonds is 6. The van der Waals surface area contributed by atoms with Gasteiger partial charge >= 0.3 is 0 Å². The fourth-order valence-electron chi connectivity index (χ4n) is 7.89. The van der Waals surface area contributed by atoms with Crippen molar-refractivity contribution in [1.82, 2.24) is 0 Å². The molecule has 0 radical (unpaired) electrons. The van der Waals surface area contributed by atoms with Crippen LogP contribution in [0.25, 0.3) is 72.2 Å². The number of hydrogen-bond donors (Lipinski definition) is 0. The first-order valence-electron chi connectivity index (χ1n) is 18.0. The van der Waals surface area contributed by atoms with Crippen molar-refractivity contribution in [3.8, 4) is 33.4 Å². The van der Waals surface area contributed by atoms with Gasteiger partial charge in [-0.1, -0.05) is 140 Å². The third kappa shape index (κ3) is 5.37. The van der Waals surface area contributed by atoms with E-state index in [4.69, 9.17) is 4.42 Å². The molecule has 0 fully saturated rings.